The highest BCUT2D eigenvalue weighted by molar-refractivity contribution is 7.92. The molecular weight excluding hydrogens is 370 g/mol. The molecule has 0 saturated carbocycles. The lowest BCUT2D eigenvalue weighted by molar-refractivity contribution is 0.0600. The first kappa shape index (κ1) is 18.9. The Morgan fingerprint density at radius 3 is 2.24 bits per heavy atom. The minimum Gasteiger partial charge on any atom is -0.495 e. The predicted molar refractivity (Wildman–Crippen MR) is 93.1 cm³/mol. The van der Waals surface area contributed by atoms with Crippen LogP contribution in [0, 0.1) is 0 Å². The molecule has 0 aliphatic carbocycles. The van der Waals surface area contributed by atoms with Gasteiger partial charge in [0.25, 0.3) is 10.0 Å². The Morgan fingerprint density at radius 1 is 1.00 bits per heavy atom. The zero-order valence-electron chi connectivity index (χ0n) is 13.7. The van der Waals surface area contributed by atoms with Gasteiger partial charge in [0, 0.05) is 5.02 Å². The Kier molecular flexibility index (Phi) is 5.76. The molecule has 0 aliphatic rings. The van der Waals surface area contributed by atoms with Crippen molar-refractivity contribution in [1.29, 1.82) is 0 Å². The van der Waals surface area contributed by atoms with Crippen LogP contribution in [0.5, 0.6) is 11.5 Å². The molecule has 2 rings (SSSR count). The van der Waals surface area contributed by atoms with Crippen molar-refractivity contribution in [2.75, 3.05) is 26.1 Å². The van der Waals surface area contributed by atoms with Gasteiger partial charge in [-0.2, -0.15) is 0 Å². The third-order valence-corrected chi connectivity index (χ3v) is 4.90. The molecule has 0 radical (unpaired) electrons. The number of hydrogen-bond donors (Lipinski definition) is 1. The minimum absolute atomic E-state index is 0.0763. The van der Waals surface area contributed by atoms with Crippen LogP contribution in [0.3, 0.4) is 0 Å². The molecule has 0 bridgehead atoms. The Hall–Kier alpha value is -2.45. The number of hydrogen-bond acceptors (Lipinski definition) is 6. The van der Waals surface area contributed by atoms with Crippen LogP contribution in [-0.4, -0.2) is 35.7 Å². The first-order valence-corrected chi connectivity index (χ1v) is 8.81. The van der Waals surface area contributed by atoms with Crippen LogP contribution in [0.2, 0.25) is 5.02 Å². The van der Waals surface area contributed by atoms with E-state index in [-0.39, 0.29) is 32.7 Å². The lowest BCUT2D eigenvalue weighted by Gasteiger charge is -2.15. The van der Waals surface area contributed by atoms with Gasteiger partial charge in [0.05, 0.1) is 32.6 Å². The normalized spacial score (nSPS) is 10.9. The van der Waals surface area contributed by atoms with Gasteiger partial charge in [0.1, 0.15) is 16.4 Å². The molecule has 0 fully saturated rings. The maximum absolute atomic E-state index is 12.7. The average Bonchev–Trinajstić information content (AvgIpc) is 2.60. The summed E-state index contributed by atoms with van der Waals surface area (Å²) >= 11 is 5.89. The molecule has 0 amide bonds. The van der Waals surface area contributed by atoms with E-state index >= 15 is 0 Å². The number of carbonyl (C=O) groups is 1. The smallest absolute Gasteiger partial charge is 0.337 e. The SMILES string of the molecule is COC(=O)c1ccc(OC)c(NS(=O)(=O)c2cc(Cl)ccc2OC)c1. The Morgan fingerprint density at radius 2 is 1.64 bits per heavy atom. The number of anilines is 1. The highest BCUT2D eigenvalue weighted by Crippen LogP contribution is 2.32. The summed E-state index contributed by atoms with van der Waals surface area (Å²) in [5, 5.41) is 0.233. The van der Waals surface area contributed by atoms with E-state index in [1.807, 2.05) is 0 Å². The van der Waals surface area contributed by atoms with Gasteiger partial charge in [-0.25, -0.2) is 13.2 Å². The van der Waals surface area contributed by atoms with Crippen molar-refractivity contribution in [3.63, 3.8) is 0 Å². The van der Waals surface area contributed by atoms with Crippen molar-refractivity contribution in [2.45, 2.75) is 4.90 Å². The van der Waals surface area contributed by atoms with Crippen LogP contribution in [-0.2, 0) is 14.8 Å². The predicted octanol–water partition coefficient (Wildman–Crippen LogP) is 2.94. The zero-order chi connectivity index (χ0) is 18.6. The van der Waals surface area contributed by atoms with Crippen molar-refractivity contribution in [2.24, 2.45) is 0 Å². The topological polar surface area (TPSA) is 90.9 Å². The van der Waals surface area contributed by atoms with Gasteiger partial charge in [0.2, 0.25) is 0 Å². The Bertz CT molecular complexity index is 897. The lowest BCUT2D eigenvalue weighted by atomic mass is 10.2. The molecule has 0 aliphatic heterocycles. The number of carbonyl (C=O) groups excluding carboxylic acids is 1. The molecule has 25 heavy (non-hydrogen) atoms. The standard InChI is InChI=1S/C16H16ClNO6S/c1-22-13-6-4-10(16(19)24-3)8-12(13)18-25(20,21)15-9-11(17)5-7-14(15)23-2/h4-9,18H,1-3H3. The molecular formula is C16H16ClNO6S. The van der Waals surface area contributed by atoms with Crippen molar-refractivity contribution in [3.05, 3.63) is 47.0 Å². The van der Waals surface area contributed by atoms with E-state index in [0.717, 1.165) is 0 Å². The quantitative estimate of drug-likeness (QED) is 0.769. The molecule has 2 aromatic rings. The van der Waals surface area contributed by atoms with Crippen molar-refractivity contribution in [1.82, 2.24) is 0 Å². The molecule has 0 spiro atoms. The van der Waals surface area contributed by atoms with Crippen LogP contribution in [0.25, 0.3) is 0 Å². The zero-order valence-corrected chi connectivity index (χ0v) is 15.3. The van der Waals surface area contributed by atoms with Gasteiger partial charge in [-0.3, -0.25) is 4.72 Å². The molecule has 1 N–H and O–H groups in total. The van der Waals surface area contributed by atoms with E-state index in [1.165, 1.54) is 57.7 Å². The fourth-order valence-corrected chi connectivity index (χ4v) is 3.59. The van der Waals surface area contributed by atoms with Crippen molar-refractivity contribution >= 4 is 33.3 Å². The first-order chi connectivity index (χ1) is 11.8. The van der Waals surface area contributed by atoms with E-state index in [4.69, 9.17) is 21.1 Å². The van der Waals surface area contributed by atoms with E-state index in [2.05, 4.69) is 9.46 Å². The first-order valence-electron chi connectivity index (χ1n) is 6.95. The number of nitrogens with one attached hydrogen (secondary N) is 1. The van der Waals surface area contributed by atoms with Crippen LogP contribution >= 0.6 is 11.6 Å². The molecule has 0 atom stereocenters. The van der Waals surface area contributed by atoms with Gasteiger partial charge in [-0.05, 0) is 36.4 Å². The number of esters is 1. The molecule has 0 aromatic heterocycles. The van der Waals surface area contributed by atoms with Crippen LogP contribution < -0.4 is 14.2 Å². The Labute approximate surface area is 150 Å². The monoisotopic (exact) mass is 385 g/mol. The molecule has 2 aromatic carbocycles. The second-order valence-corrected chi connectivity index (χ2v) is 6.89. The Balaban J connectivity index is 2.50. The van der Waals surface area contributed by atoms with E-state index in [9.17, 15) is 13.2 Å². The average molecular weight is 386 g/mol. The number of rotatable bonds is 6. The summed E-state index contributed by atoms with van der Waals surface area (Å²) in [7, 11) is -0.0947. The summed E-state index contributed by atoms with van der Waals surface area (Å²) in [6.45, 7) is 0. The summed E-state index contributed by atoms with van der Waals surface area (Å²) < 4.78 is 42.7. The fraction of sp³-hybridized carbons (Fsp3) is 0.188. The number of sulfonamides is 1. The van der Waals surface area contributed by atoms with E-state index in [1.54, 1.807) is 0 Å². The third-order valence-electron chi connectivity index (χ3n) is 3.28. The number of halogens is 1. The molecule has 134 valence electrons. The fourth-order valence-electron chi connectivity index (χ4n) is 2.09. The molecule has 0 heterocycles. The second kappa shape index (κ2) is 7.62. The lowest BCUT2D eigenvalue weighted by Crippen LogP contribution is -2.15. The van der Waals surface area contributed by atoms with Gasteiger partial charge in [-0.1, -0.05) is 11.6 Å². The van der Waals surface area contributed by atoms with Crippen LogP contribution in [0.4, 0.5) is 5.69 Å². The molecule has 0 unspecified atom stereocenters. The summed E-state index contributed by atoms with van der Waals surface area (Å²) in [5.74, 6) is -0.249. The highest BCUT2D eigenvalue weighted by Gasteiger charge is 2.22. The molecule has 7 nitrogen and oxygen atoms in total. The summed E-state index contributed by atoms with van der Waals surface area (Å²) in [4.78, 5) is 11.5. The van der Waals surface area contributed by atoms with Gasteiger partial charge >= 0.3 is 5.97 Å². The number of ether oxygens (including phenoxy) is 3. The molecule has 0 saturated heterocycles. The molecule has 9 heteroatoms. The number of benzene rings is 2. The van der Waals surface area contributed by atoms with Crippen molar-refractivity contribution in [3.8, 4) is 11.5 Å². The number of methoxy groups -OCH3 is 3. The minimum atomic E-state index is -4.05. The summed E-state index contributed by atoms with van der Waals surface area (Å²) in [6, 6.07) is 8.46. The van der Waals surface area contributed by atoms with Gasteiger partial charge < -0.3 is 14.2 Å². The maximum Gasteiger partial charge on any atom is 0.337 e. The van der Waals surface area contributed by atoms with E-state index in [0.29, 0.717) is 0 Å². The van der Waals surface area contributed by atoms with Gasteiger partial charge in [0.15, 0.2) is 0 Å². The van der Waals surface area contributed by atoms with Crippen LogP contribution in [0.15, 0.2) is 41.3 Å². The summed E-state index contributed by atoms with van der Waals surface area (Å²) in [5.41, 5.74) is 0.242. The van der Waals surface area contributed by atoms with Crippen molar-refractivity contribution < 1.29 is 27.4 Å². The van der Waals surface area contributed by atoms with Crippen LogP contribution in [0.1, 0.15) is 10.4 Å². The largest absolute Gasteiger partial charge is 0.495 e. The highest BCUT2D eigenvalue weighted by atomic mass is 35.5. The van der Waals surface area contributed by atoms with Gasteiger partial charge in [-0.15, -0.1) is 0 Å². The summed E-state index contributed by atoms with van der Waals surface area (Å²) in [6.07, 6.45) is 0. The second-order valence-electron chi connectivity index (χ2n) is 4.81. The maximum atomic E-state index is 12.7. The third kappa shape index (κ3) is 4.15. The van der Waals surface area contributed by atoms with E-state index < -0.39 is 16.0 Å².